The minimum atomic E-state index is -0.532. The predicted molar refractivity (Wildman–Crippen MR) is 116 cm³/mol. The monoisotopic (exact) mass is 438 g/mol. The third-order valence-corrected chi connectivity index (χ3v) is 5.56. The number of benzene rings is 2. The fourth-order valence-corrected chi connectivity index (χ4v) is 4.09. The van der Waals surface area contributed by atoms with Crippen LogP contribution in [0.25, 0.3) is 22.2 Å². The molecule has 1 aromatic heterocycles. The molecule has 0 fully saturated rings. The van der Waals surface area contributed by atoms with Crippen molar-refractivity contribution in [1.29, 1.82) is 0 Å². The summed E-state index contributed by atoms with van der Waals surface area (Å²) >= 11 is 0. The second-order valence-corrected chi connectivity index (χ2v) is 7.18. The summed E-state index contributed by atoms with van der Waals surface area (Å²) in [6, 6.07) is 8.79. The van der Waals surface area contributed by atoms with Gasteiger partial charge in [0.15, 0.2) is 0 Å². The molecule has 4 rings (SSSR count). The summed E-state index contributed by atoms with van der Waals surface area (Å²) in [6.45, 7) is -0.0312. The lowest BCUT2D eigenvalue weighted by Gasteiger charge is -2.21. The van der Waals surface area contributed by atoms with E-state index in [-0.39, 0.29) is 35.1 Å². The summed E-state index contributed by atoms with van der Waals surface area (Å²) in [5.74, 6) is -0.745. The number of allylic oxidation sites excluding steroid dienone is 2. The van der Waals surface area contributed by atoms with E-state index in [0.717, 1.165) is 5.56 Å². The minimum absolute atomic E-state index is 0.0312. The van der Waals surface area contributed by atoms with E-state index in [4.69, 9.17) is 18.9 Å². The summed E-state index contributed by atoms with van der Waals surface area (Å²) in [5, 5.41) is 0. The SMILES string of the molecule is COCn1c(=O)n(C)c2c3c(cc(-c4ccc(OC)cc4)c21)C(=O)C(OC)=C(OC)C3=O. The Morgan fingerprint density at radius 2 is 1.41 bits per heavy atom. The smallest absolute Gasteiger partial charge is 0.330 e. The number of imidazole rings is 1. The Kier molecular flexibility index (Phi) is 5.35. The zero-order chi connectivity index (χ0) is 23.2. The van der Waals surface area contributed by atoms with E-state index in [1.165, 1.54) is 30.5 Å². The van der Waals surface area contributed by atoms with Crippen LogP contribution in [0.4, 0.5) is 0 Å². The Hall–Kier alpha value is -3.85. The highest BCUT2D eigenvalue weighted by atomic mass is 16.5. The fraction of sp³-hybridized carbons (Fsp3) is 0.261. The molecule has 0 bridgehead atoms. The number of methoxy groups -OCH3 is 4. The van der Waals surface area contributed by atoms with Crippen molar-refractivity contribution in [2.45, 2.75) is 6.73 Å². The third kappa shape index (κ3) is 2.93. The molecule has 0 saturated carbocycles. The number of aryl methyl sites for hydroxylation is 1. The van der Waals surface area contributed by atoms with E-state index in [2.05, 4.69) is 0 Å². The summed E-state index contributed by atoms with van der Waals surface area (Å²) in [4.78, 5) is 39.7. The van der Waals surface area contributed by atoms with Crippen molar-refractivity contribution in [2.24, 2.45) is 7.05 Å². The molecule has 0 aliphatic heterocycles. The van der Waals surface area contributed by atoms with Crippen LogP contribution in [-0.4, -0.2) is 49.1 Å². The van der Waals surface area contributed by atoms with E-state index in [9.17, 15) is 14.4 Å². The molecule has 32 heavy (non-hydrogen) atoms. The van der Waals surface area contributed by atoms with Gasteiger partial charge in [-0.2, -0.15) is 0 Å². The number of hydrogen-bond donors (Lipinski definition) is 0. The molecule has 2 aromatic carbocycles. The number of ether oxygens (including phenoxy) is 4. The first-order valence-corrected chi connectivity index (χ1v) is 9.70. The van der Waals surface area contributed by atoms with Crippen LogP contribution in [0.1, 0.15) is 20.7 Å². The van der Waals surface area contributed by atoms with Crippen LogP contribution in [0.3, 0.4) is 0 Å². The summed E-state index contributed by atoms with van der Waals surface area (Å²) in [6.07, 6.45) is 0. The van der Waals surface area contributed by atoms with Gasteiger partial charge in [-0.3, -0.25) is 18.7 Å². The van der Waals surface area contributed by atoms with Gasteiger partial charge in [-0.15, -0.1) is 0 Å². The molecule has 9 heteroatoms. The van der Waals surface area contributed by atoms with Gasteiger partial charge in [-0.1, -0.05) is 12.1 Å². The molecule has 0 unspecified atom stereocenters. The highest BCUT2D eigenvalue weighted by Gasteiger charge is 2.38. The normalized spacial score (nSPS) is 13.5. The van der Waals surface area contributed by atoms with Gasteiger partial charge in [0.25, 0.3) is 0 Å². The molecule has 166 valence electrons. The molecule has 0 radical (unpaired) electrons. The van der Waals surface area contributed by atoms with Crippen molar-refractivity contribution in [2.75, 3.05) is 28.4 Å². The number of ketones is 2. The van der Waals surface area contributed by atoms with Gasteiger partial charge in [-0.25, -0.2) is 4.79 Å². The molecule has 0 atom stereocenters. The maximum Gasteiger partial charge on any atom is 0.330 e. The van der Waals surface area contributed by atoms with Crippen molar-refractivity contribution >= 4 is 22.6 Å². The number of nitrogens with zero attached hydrogens (tertiary/aromatic N) is 2. The van der Waals surface area contributed by atoms with E-state index >= 15 is 0 Å². The molecule has 1 heterocycles. The number of hydrogen-bond acceptors (Lipinski definition) is 7. The Morgan fingerprint density at radius 3 is 1.97 bits per heavy atom. The van der Waals surface area contributed by atoms with Crippen LogP contribution < -0.4 is 10.4 Å². The van der Waals surface area contributed by atoms with Crippen LogP contribution in [0.2, 0.25) is 0 Å². The molecule has 0 amide bonds. The maximum absolute atomic E-state index is 13.4. The number of Topliss-reactive ketones (excluding diaryl/α,β-unsaturated/α-hetero) is 2. The van der Waals surface area contributed by atoms with Crippen molar-refractivity contribution < 1.29 is 28.5 Å². The van der Waals surface area contributed by atoms with Gasteiger partial charge in [0.05, 0.1) is 37.9 Å². The van der Waals surface area contributed by atoms with Crippen LogP contribution in [0, 0.1) is 0 Å². The summed E-state index contributed by atoms with van der Waals surface area (Å²) in [5.41, 5.74) is 1.96. The average Bonchev–Trinajstić information content (AvgIpc) is 3.06. The third-order valence-electron chi connectivity index (χ3n) is 5.56. The average molecular weight is 438 g/mol. The molecule has 9 nitrogen and oxygen atoms in total. The number of aromatic nitrogens is 2. The Labute approximate surface area is 183 Å². The van der Waals surface area contributed by atoms with Crippen molar-refractivity contribution in [3.63, 3.8) is 0 Å². The quantitative estimate of drug-likeness (QED) is 0.583. The first-order chi connectivity index (χ1) is 15.4. The number of carbonyl (C=O) groups is 2. The van der Waals surface area contributed by atoms with Gasteiger partial charge in [-0.05, 0) is 23.8 Å². The Bertz CT molecular complexity index is 1340. The highest BCUT2D eigenvalue weighted by Crippen LogP contribution is 2.38. The van der Waals surface area contributed by atoms with Crippen LogP contribution in [-0.2, 0) is 28.0 Å². The van der Waals surface area contributed by atoms with E-state index < -0.39 is 11.6 Å². The summed E-state index contributed by atoms with van der Waals surface area (Å²) in [7, 11) is 7.19. The van der Waals surface area contributed by atoms with Crippen molar-refractivity contribution in [1.82, 2.24) is 9.13 Å². The van der Waals surface area contributed by atoms with E-state index in [1.807, 2.05) is 12.1 Å². The molecule has 0 saturated heterocycles. The van der Waals surface area contributed by atoms with Crippen molar-refractivity contribution in [3.05, 3.63) is 63.5 Å². The van der Waals surface area contributed by atoms with E-state index in [0.29, 0.717) is 22.3 Å². The standard InChI is InChI=1S/C23H22N2O7/c1-24-18-16-15(19(26)21(31-4)22(32-5)20(16)27)10-14(12-6-8-13(30-3)9-7-12)17(18)25(11-29-2)23(24)28/h6-10H,11H2,1-5H3. The predicted octanol–water partition coefficient (Wildman–Crippen LogP) is 2.50. The molecule has 3 aromatic rings. The van der Waals surface area contributed by atoms with Crippen LogP contribution in [0.5, 0.6) is 5.75 Å². The van der Waals surface area contributed by atoms with Gasteiger partial charge in [0.1, 0.15) is 12.5 Å². The zero-order valence-corrected chi connectivity index (χ0v) is 18.3. The largest absolute Gasteiger partial charge is 0.497 e. The highest BCUT2D eigenvalue weighted by molar-refractivity contribution is 6.30. The second kappa shape index (κ2) is 8.01. The lowest BCUT2D eigenvalue weighted by Crippen LogP contribution is -2.25. The Morgan fingerprint density at radius 1 is 0.781 bits per heavy atom. The zero-order valence-electron chi connectivity index (χ0n) is 18.3. The van der Waals surface area contributed by atoms with Gasteiger partial charge >= 0.3 is 5.69 Å². The maximum atomic E-state index is 13.4. The Balaban J connectivity index is 2.17. The van der Waals surface area contributed by atoms with Gasteiger partial charge in [0.2, 0.25) is 23.1 Å². The summed E-state index contributed by atoms with van der Waals surface area (Å²) < 4.78 is 23.7. The first kappa shape index (κ1) is 21.4. The first-order valence-electron chi connectivity index (χ1n) is 9.70. The fourth-order valence-electron chi connectivity index (χ4n) is 4.09. The minimum Gasteiger partial charge on any atom is -0.497 e. The number of rotatable bonds is 6. The van der Waals surface area contributed by atoms with E-state index in [1.54, 1.807) is 32.4 Å². The number of fused-ring (bicyclic) bond motifs is 3. The molecule has 0 N–H and O–H groups in total. The van der Waals surface area contributed by atoms with Gasteiger partial charge in [0, 0.05) is 25.3 Å². The van der Waals surface area contributed by atoms with Gasteiger partial charge < -0.3 is 18.9 Å². The van der Waals surface area contributed by atoms with Crippen LogP contribution in [0.15, 0.2) is 46.6 Å². The number of carbonyl (C=O) groups excluding carboxylic acids is 2. The second-order valence-electron chi connectivity index (χ2n) is 7.18. The molecule has 1 aliphatic rings. The van der Waals surface area contributed by atoms with Crippen molar-refractivity contribution in [3.8, 4) is 16.9 Å². The topological polar surface area (TPSA) is 98.0 Å². The molecule has 0 spiro atoms. The van der Waals surface area contributed by atoms with Crippen LogP contribution >= 0.6 is 0 Å². The lowest BCUT2D eigenvalue weighted by atomic mass is 9.87. The lowest BCUT2D eigenvalue weighted by molar-refractivity contribution is 0.0830. The molecule has 1 aliphatic carbocycles. The molecular weight excluding hydrogens is 416 g/mol. The molecular formula is C23H22N2O7.